The van der Waals surface area contributed by atoms with Gasteiger partial charge in [0.1, 0.15) is 0 Å². The van der Waals surface area contributed by atoms with Crippen LogP contribution in [0.1, 0.15) is 20.8 Å². The summed E-state index contributed by atoms with van der Waals surface area (Å²) in [6.45, 7) is 7.20. The van der Waals surface area contributed by atoms with Crippen molar-refractivity contribution in [2.24, 2.45) is 0 Å². The minimum atomic E-state index is -2.06. The van der Waals surface area contributed by atoms with Crippen molar-refractivity contribution in [1.29, 1.82) is 0 Å². The average molecular weight is 326 g/mol. The number of para-hydroxylation sites is 1. The monoisotopic (exact) mass is 327 g/mol. The Kier molecular flexibility index (Phi) is 5.16. The molecule has 0 saturated heterocycles. The van der Waals surface area contributed by atoms with E-state index in [0.717, 1.165) is 0 Å². The third-order valence-corrected chi connectivity index (χ3v) is 20.0. The summed E-state index contributed by atoms with van der Waals surface area (Å²) >= 11 is -2.06. The molecule has 0 aromatic heterocycles. The van der Waals surface area contributed by atoms with E-state index in [0.29, 0.717) is 0 Å². The van der Waals surface area contributed by atoms with E-state index >= 15 is 0 Å². The normalized spacial score (nSPS) is 11.6. The molecule has 0 fully saturated rings. The summed E-state index contributed by atoms with van der Waals surface area (Å²) in [6, 6.07) is 9.05. The minimum absolute atomic E-state index is 1.42. The van der Waals surface area contributed by atoms with Crippen molar-refractivity contribution in [3.63, 3.8) is 0 Å². The average Bonchev–Trinajstić information content (AvgIpc) is 2.32. The fourth-order valence-corrected chi connectivity index (χ4v) is 13.9. The Bertz CT molecular complexity index is 321. The van der Waals surface area contributed by atoms with Crippen molar-refractivity contribution in [2.75, 3.05) is 19.0 Å². The van der Waals surface area contributed by atoms with Crippen LogP contribution in [0.5, 0.6) is 0 Å². The molecule has 0 unspecified atom stereocenters. The van der Waals surface area contributed by atoms with Crippen LogP contribution in [0.4, 0.5) is 5.69 Å². The molecule has 16 heavy (non-hydrogen) atoms. The van der Waals surface area contributed by atoms with E-state index in [2.05, 4.69) is 64.0 Å². The molecular formula is C14H25NSn. The molecule has 0 saturated carbocycles. The Morgan fingerprint density at radius 3 is 1.88 bits per heavy atom. The molecule has 0 N–H and O–H groups in total. The molecule has 90 valence electrons. The first kappa shape index (κ1) is 13.9. The van der Waals surface area contributed by atoms with Crippen molar-refractivity contribution in [3.8, 4) is 0 Å². The summed E-state index contributed by atoms with van der Waals surface area (Å²) in [7, 11) is 4.33. The Morgan fingerprint density at radius 2 is 1.44 bits per heavy atom. The SMILES string of the molecule is C[CH2][Sn]([CH2]C)([CH2]C)[c]1ccccc1N(C)C. The van der Waals surface area contributed by atoms with Crippen LogP contribution in [0.15, 0.2) is 24.3 Å². The van der Waals surface area contributed by atoms with Gasteiger partial charge >= 0.3 is 105 Å². The first-order valence-corrected chi connectivity index (χ1v) is 13.9. The van der Waals surface area contributed by atoms with Crippen LogP contribution in [0.2, 0.25) is 13.3 Å². The molecule has 1 nitrogen and oxygen atoms in total. The molecule has 1 aromatic carbocycles. The van der Waals surface area contributed by atoms with Gasteiger partial charge in [-0.3, -0.25) is 0 Å². The third-order valence-electron chi connectivity index (χ3n) is 3.99. The summed E-state index contributed by atoms with van der Waals surface area (Å²) in [6.07, 6.45) is 0. The molecule has 0 heterocycles. The van der Waals surface area contributed by atoms with Crippen LogP contribution in [0.25, 0.3) is 0 Å². The standard InChI is InChI=1S/C8H10N.3C2H5.Sn/c1-9(2)8-6-4-3-5-7-8;3*1-2;/h3-6H,1-2H3;3*1H2,2H3;. The van der Waals surface area contributed by atoms with Gasteiger partial charge in [-0.05, 0) is 0 Å². The van der Waals surface area contributed by atoms with Gasteiger partial charge < -0.3 is 0 Å². The summed E-state index contributed by atoms with van der Waals surface area (Å²) in [5.41, 5.74) is 1.46. The van der Waals surface area contributed by atoms with Crippen LogP contribution < -0.4 is 8.48 Å². The van der Waals surface area contributed by atoms with E-state index in [1.165, 1.54) is 19.0 Å². The van der Waals surface area contributed by atoms with Crippen molar-refractivity contribution in [3.05, 3.63) is 24.3 Å². The Hall–Kier alpha value is -0.181. The van der Waals surface area contributed by atoms with Gasteiger partial charge in [-0.15, -0.1) is 0 Å². The number of benzene rings is 1. The van der Waals surface area contributed by atoms with E-state index in [-0.39, 0.29) is 0 Å². The Morgan fingerprint density at radius 1 is 0.938 bits per heavy atom. The van der Waals surface area contributed by atoms with Gasteiger partial charge in [0, 0.05) is 0 Å². The molecule has 1 rings (SSSR count). The summed E-state index contributed by atoms with van der Waals surface area (Å²) in [5, 5.41) is 0. The van der Waals surface area contributed by atoms with Crippen LogP contribution in [-0.4, -0.2) is 32.5 Å². The van der Waals surface area contributed by atoms with Crippen molar-refractivity contribution >= 4 is 27.6 Å². The van der Waals surface area contributed by atoms with Gasteiger partial charge in [0.05, 0.1) is 0 Å². The number of hydrogen-bond acceptors (Lipinski definition) is 1. The number of nitrogens with zero attached hydrogens (tertiary/aromatic N) is 1. The first-order chi connectivity index (χ1) is 7.61. The quantitative estimate of drug-likeness (QED) is 0.749. The molecule has 1 aromatic rings. The topological polar surface area (TPSA) is 3.24 Å². The summed E-state index contributed by atoms with van der Waals surface area (Å²) in [4.78, 5) is 2.28. The second-order valence-electron chi connectivity index (χ2n) is 4.75. The van der Waals surface area contributed by atoms with Gasteiger partial charge in [-0.1, -0.05) is 0 Å². The van der Waals surface area contributed by atoms with E-state index in [9.17, 15) is 0 Å². The molecule has 0 radical (unpaired) electrons. The third kappa shape index (κ3) is 2.55. The zero-order valence-electron chi connectivity index (χ0n) is 11.4. The van der Waals surface area contributed by atoms with Crippen LogP contribution in [-0.2, 0) is 0 Å². The zero-order chi connectivity index (χ0) is 12.2. The second kappa shape index (κ2) is 5.94. The molecule has 2 heteroatoms. The Balaban J connectivity index is 3.29. The predicted molar refractivity (Wildman–Crippen MR) is 77.6 cm³/mol. The van der Waals surface area contributed by atoms with Gasteiger partial charge in [-0.25, -0.2) is 0 Å². The van der Waals surface area contributed by atoms with Gasteiger partial charge in [0.15, 0.2) is 0 Å². The maximum absolute atomic E-state index is 2.40. The molecule has 0 spiro atoms. The van der Waals surface area contributed by atoms with Crippen LogP contribution in [0, 0.1) is 0 Å². The number of anilines is 1. The summed E-state index contributed by atoms with van der Waals surface area (Å²) in [5.74, 6) is 0. The Labute approximate surface area is 105 Å². The molecule has 0 aliphatic rings. The molecule has 0 aliphatic heterocycles. The van der Waals surface area contributed by atoms with Gasteiger partial charge in [-0.2, -0.15) is 0 Å². The summed E-state index contributed by atoms with van der Waals surface area (Å²) < 4.78 is 5.99. The molecular weight excluding hydrogens is 301 g/mol. The van der Waals surface area contributed by atoms with Crippen LogP contribution in [0.3, 0.4) is 0 Å². The van der Waals surface area contributed by atoms with Crippen molar-refractivity contribution < 1.29 is 0 Å². The van der Waals surface area contributed by atoms with E-state index in [1.54, 1.807) is 3.58 Å². The fraction of sp³-hybridized carbons (Fsp3) is 0.571. The number of hydrogen-bond donors (Lipinski definition) is 0. The van der Waals surface area contributed by atoms with Crippen LogP contribution >= 0.6 is 0 Å². The van der Waals surface area contributed by atoms with Gasteiger partial charge in [0.25, 0.3) is 0 Å². The van der Waals surface area contributed by atoms with E-state index < -0.39 is 18.4 Å². The maximum atomic E-state index is 2.40. The first-order valence-electron chi connectivity index (χ1n) is 6.38. The molecule has 0 bridgehead atoms. The zero-order valence-corrected chi connectivity index (χ0v) is 14.2. The van der Waals surface area contributed by atoms with E-state index in [4.69, 9.17) is 0 Å². The van der Waals surface area contributed by atoms with E-state index in [1.807, 2.05) is 0 Å². The predicted octanol–water partition coefficient (Wildman–Crippen LogP) is 3.47. The fourth-order valence-electron chi connectivity index (χ4n) is 2.63. The number of rotatable bonds is 5. The molecule has 0 atom stereocenters. The van der Waals surface area contributed by atoms with Crippen molar-refractivity contribution in [2.45, 2.75) is 34.1 Å². The van der Waals surface area contributed by atoms with Gasteiger partial charge in [0.2, 0.25) is 0 Å². The van der Waals surface area contributed by atoms with Crippen molar-refractivity contribution in [1.82, 2.24) is 0 Å². The molecule has 0 amide bonds. The molecule has 0 aliphatic carbocycles. The second-order valence-corrected chi connectivity index (χ2v) is 19.7.